The zero-order chi connectivity index (χ0) is 29.5. The number of piperazine rings is 1. The second kappa shape index (κ2) is 10.8. The van der Waals surface area contributed by atoms with Crippen molar-refractivity contribution in [1.82, 2.24) is 20.4 Å². The molecule has 1 aromatic rings. The molecule has 3 saturated heterocycles. The molecular weight excluding hydrogens is 524 g/mol. The fourth-order valence-electron chi connectivity index (χ4n) is 5.99. The number of anilines is 1. The Kier molecular flexibility index (Phi) is 7.97. The van der Waals surface area contributed by atoms with Crippen LogP contribution in [0.25, 0.3) is 0 Å². The summed E-state index contributed by atoms with van der Waals surface area (Å²) in [7, 11) is 0. The quantitative estimate of drug-likeness (QED) is 0.389. The Morgan fingerprint density at radius 2 is 1.85 bits per heavy atom. The van der Waals surface area contributed by atoms with E-state index in [4.69, 9.17) is 4.74 Å². The van der Waals surface area contributed by atoms with E-state index in [1.807, 2.05) is 24.7 Å². The summed E-state index contributed by atoms with van der Waals surface area (Å²) in [5.41, 5.74) is -2.26. The highest BCUT2D eigenvalue weighted by Crippen LogP contribution is 2.41. The summed E-state index contributed by atoms with van der Waals surface area (Å²) in [6.45, 7) is 11.6. The van der Waals surface area contributed by atoms with Gasteiger partial charge >= 0.3 is 12.1 Å². The first-order valence-corrected chi connectivity index (χ1v) is 13.4. The van der Waals surface area contributed by atoms with Gasteiger partial charge in [-0.1, -0.05) is 6.92 Å². The molecule has 12 heteroatoms. The zero-order valence-electron chi connectivity index (χ0n) is 23.6. The van der Waals surface area contributed by atoms with Gasteiger partial charge in [0.05, 0.1) is 0 Å². The van der Waals surface area contributed by atoms with Gasteiger partial charge in [-0.15, -0.1) is 0 Å². The largest absolute Gasteiger partial charge is 0.444 e. The van der Waals surface area contributed by atoms with Crippen LogP contribution >= 0.6 is 0 Å². The third-order valence-electron chi connectivity index (χ3n) is 7.82. The monoisotopic (exact) mass is 561 g/mol. The van der Waals surface area contributed by atoms with Gasteiger partial charge in [0.1, 0.15) is 17.1 Å². The Balaban J connectivity index is 1.48. The molecule has 3 aliphatic heterocycles. The van der Waals surface area contributed by atoms with E-state index in [0.717, 1.165) is 6.07 Å². The van der Waals surface area contributed by atoms with Gasteiger partial charge in [-0.05, 0) is 46.2 Å². The summed E-state index contributed by atoms with van der Waals surface area (Å²) >= 11 is 0. The Bertz CT molecular complexity index is 1230. The summed E-state index contributed by atoms with van der Waals surface area (Å²) in [5.74, 6) is -0.792. The molecule has 3 aliphatic rings. The van der Waals surface area contributed by atoms with Crippen molar-refractivity contribution in [3.8, 4) is 0 Å². The second-order valence-corrected chi connectivity index (χ2v) is 12.4. The molecule has 4 amide bonds. The number of nitrogens with zero attached hydrogens (tertiary/aromatic N) is 3. The van der Waals surface area contributed by atoms with Crippen LogP contribution in [0.5, 0.6) is 0 Å². The maximum atomic E-state index is 13.8. The molecule has 218 valence electrons. The molecule has 2 unspecified atom stereocenters. The smallest absolute Gasteiger partial charge is 0.410 e. The number of likely N-dealkylation sites (tertiary alicyclic amines) is 1. The summed E-state index contributed by atoms with van der Waals surface area (Å²) in [6.07, 6.45) is 1.02. The fraction of sp³-hybridized carbons (Fsp3) is 0.607. The molecule has 1 aromatic carbocycles. The van der Waals surface area contributed by atoms with Crippen molar-refractivity contribution in [2.45, 2.75) is 58.2 Å². The van der Waals surface area contributed by atoms with Crippen molar-refractivity contribution in [1.29, 1.82) is 0 Å². The Hall–Kier alpha value is -3.50. The number of carbonyl (C=O) groups is 3. The first-order chi connectivity index (χ1) is 18.6. The first kappa shape index (κ1) is 29.5. The van der Waals surface area contributed by atoms with Gasteiger partial charge in [0.25, 0.3) is 5.91 Å². The summed E-state index contributed by atoms with van der Waals surface area (Å²) in [5, 5.41) is 5.14. The van der Waals surface area contributed by atoms with Gasteiger partial charge in [0.15, 0.2) is 11.6 Å². The van der Waals surface area contributed by atoms with Crippen LogP contribution in [-0.2, 0) is 14.3 Å². The van der Waals surface area contributed by atoms with Gasteiger partial charge in [-0.3, -0.25) is 15.0 Å². The normalized spacial score (nSPS) is 25.4. The summed E-state index contributed by atoms with van der Waals surface area (Å²) in [4.78, 5) is 55.3. The molecule has 0 spiro atoms. The van der Waals surface area contributed by atoms with E-state index in [1.165, 1.54) is 17.0 Å². The Morgan fingerprint density at radius 1 is 1.15 bits per heavy atom. The van der Waals surface area contributed by atoms with Crippen LogP contribution in [0.3, 0.4) is 0 Å². The molecule has 0 bridgehead atoms. The number of halogens is 2. The summed E-state index contributed by atoms with van der Waals surface area (Å²) < 4.78 is 32.7. The van der Waals surface area contributed by atoms with Crippen LogP contribution in [-0.4, -0.2) is 90.2 Å². The maximum Gasteiger partial charge on any atom is 0.410 e. The minimum Gasteiger partial charge on any atom is -0.444 e. The highest BCUT2D eigenvalue weighted by atomic mass is 19.2. The zero-order valence-corrected chi connectivity index (χ0v) is 23.6. The average Bonchev–Trinajstić information content (AvgIpc) is 3.06. The van der Waals surface area contributed by atoms with E-state index in [9.17, 15) is 28.0 Å². The maximum absolute atomic E-state index is 13.8. The molecule has 3 fully saturated rings. The first-order valence-electron chi connectivity index (χ1n) is 13.4. The van der Waals surface area contributed by atoms with E-state index >= 15 is 0 Å². The highest BCUT2D eigenvalue weighted by molar-refractivity contribution is 6.07. The molecule has 40 heavy (non-hydrogen) atoms. The number of hydrogen-bond acceptors (Lipinski definition) is 7. The molecule has 10 nitrogen and oxygen atoms in total. The predicted octanol–water partition coefficient (Wildman–Crippen LogP) is 2.70. The van der Waals surface area contributed by atoms with E-state index in [-0.39, 0.29) is 31.5 Å². The topological polar surface area (TPSA) is 111 Å². The van der Waals surface area contributed by atoms with E-state index in [2.05, 4.69) is 15.5 Å². The third-order valence-corrected chi connectivity index (χ3v) is 7.82. The lowest BCUT2D eigenvalue weighted by Crippen LogP contribution is -2.67. The molecule has 3 atom stereocenters. The molecular formula is C28H37F2N5O5. The van der Waals surface area contributed by atoms with Crippen molar-refractivity contribution in [2.24, 2.45) is 11.3 Å². The number of nitrogens with one attached hydrogen (secondary N) is 2. The highest BCUT2D eigenvalue weighted by Gasteiger charge is 2.58. The van der Waals surface area contributed by atoms with Crippen molar-refractivity contribution in [2.75, 3.05) is 44.2 Å². The SMILES string of the molecule is C[C@H]1CN(CC(C)(C=C=O)CC2(C3CN(C(=O)OC(C)(C)C)C3)NC(=O)NC2=O)CCN1c1ccc(F)c(F)c1. The van der Waals surface area contributed by atoms with Gasteiger partial charge in [-0.25, -0.2) is 23.2 Å². The van der Waals surface area contributed by atoms with Gasteiger partial charge in [0, 0.05) is 74.5 Å². The fourth-order valence-corrected chi connectivity index (χ4v) is 5.99. The van der Waals surface area contributed by atoms with Gasteiger partial charge in [0.2, 0.25) is 0 Å². The molecule has 4 rings (SSSR count). The lowest BCUT2D eigenvalue weighted by molar-refractivity contribution is -0.130. The molecule has 3 heterocycles. The Morgan fingerprint density at radius 3 is 2.40 bits per heavy atom. The number of urea groups is 1. The van der Waals surface area contributed by atoms with Crippen molar-refractivity contribution >= 4 is 29.7 Å². The predicted molar refractivity (Wildman–Crippen MR) is 143 cm³/mol. The summed E-state index contributed by atoms with van der Waals surface area (Å²) in [6, 6.07) is 3.19. The number of ether oxygens (including phenoxy) is 1. The van der Waals surface area contributed by atoms with E-state index in [0.29, 0.717) is 31.9 Å². The van der Waals surface area contributed by atoms with E-state index < -0.39 is 46.2 Å². The second-order valence-electron chi connectivity index (χ2n) is 12.4. The van der Waals surface area contributed by atoms with Crippen LogP contribution in [0, 0.1) is 23.0 Å². The average molecular weight is 562 g/mol. The van der Waals surface area contributed by atoms with Gasteiger partial charge in [-0.2, -0.15) is 0 Å². The number of imide groups is 1. The third kappa shape index (κ3) is 6.13. The number of carbonyl (C=O) groups excluding carboxylic acids is 4. The molecule has 0 aliphatic carbocycles. The Labute approximate surface area is 232 Å². The lowest BCUT2D eigenvalue weighted by atomic mass is 9.68. The van der Waals surface area contributed by atoms with Crippen LogP contribution in [0.2, 0.25) is 0 Å². The van der Waals surface area contributed by atoms with Crippen LogP contribution in [0.4, 0.5) is 24.1 Å². The van der Waals surface area contributed by atoms with Crippen molar-refractivity contribution in [3.63, 3.8) is 0 Å². The van der Waals surface area contributed by atoms with Crippen LogP contribution in [0.1, 0.15) is 41.0 Å². The minimum absolute atomic E-state index is 0.0412. The standard InChI is InChI=1S/C28H37F2N5O5/c1-18-13-33(9-10-35(18)20-6-7-21(29)22(30)12-20)17-27(5,8-11-36)16-28(23(37)31-24(38)32-28)19-14-34(15-19)25(39)40-26(2,3)4/h6-8,12,18-19H,9-10,13-17H2,1-5H3,(H2,31,32,37,38)/t18-,27?,28?/m0/s1. The minimum atomic E-state index is -1.32. The van der Waals surface area contributed by atoms with Gasteiger partial charge < -0.3 is 19.9 Å². The van der Waals surface area contributed by atoms with Crippen molar-refractivity contribution in [3.05, 3.63) is 35.9 Å². The molecule has 0 saturated carbocycles. The van der Waals surface area contributed by atoms with Crippen LogP contribution in [0.15, 0.2) is 24.3 Å². The number of rotatable bonds is 7. The molecule has 0 aromatic heterocycles. The van der Waals surface area contributed by atoms with Crippen molar-refractivity contribution < 1.29 is 32.7 Å². The van der Waals surface area contributed by atoms with E-state index in [1.54, 1.807) is 26.8 Å². The lowest BCUT2D eigenvalue weighted by Gasteiger charge is -2.50. The number of hydrogen-bond donors (Lipinski definition) is 2. The van der Waals surface area contributed by atoms with Crippen LogP contribution < -0.4 is 15.5 Å². The molecule has 0 radical (unpaired) electrons. The number of amides is 4. The number of benzene rings is 1. The molecule has 2 N–H and O–H groups in total.